The van der Waals surface area contributed by atoms with Crippen molar-refractivity contribution in [2.45, 2.75) is 4.90 Å². The predicted molar refractivity (Wildman–Crippen MR) is 66.3 cm³/mol. The Bertz CT molecular complexity index is 498. The van der Waals surface area contributed by atoms with Crippen LogP contribution in [-0.4, -0.2) is 34.1 Å². The van der Waals surface area contributed by atoms with E-state index in [1.807, 2.05) is 0 Å². The Balaban J connectivity index is 2.56. The number of anilines is 1. The Morgan fingerprint density at radius 2 is 1.89 bits per heavy atom. The van der Waals surface area contributed by atoms with Gasteiger partial charge in [-0.1, -0.05) is 0 Å². The average Bonchev–Trinajstić information content (AvgIpc) is 2.29. The van der Waals surface area contributed by atoms with Crippen molar-refractivity contribution < 1.29 is 17.9 Å². The summed E-state index contributed by atoms with van der Waals surface area (Å²) in [5.41, 5.74) is 5.66. The highest BCUT2D eigenvalue weighted by Gasteiger charge is 2.07. The van der Waals surface area contributed by atoms with Crippen molar-refractivity contribution >= 4 is 21.6 Å². The Kier molecular flexibility index (Phi) is 5.23. The van der Waals surface area contributed by atoms with Crippen molar-refractivity contribution in [2.75, 3.05) is 25.1 Å². The van der Waals surface area contributed by atoms with E-state index >= 15 is 0 Å². The molecule has 0 radical (unpaired) electrons. The molecule has 8 heteroatoms. The number of sulfonamides is 1. The minimum absolute atomic E-state index is 0.0140. The van der Waals surface area contributed by atoms with Crippen LogP contribution in [-0.2, 0) is 19.6 Å². The second-order valence-electron chi connectivity index (χ2n) is 3.46. The molecule has 1 aromatic carbocycles. The molecule has 0 fully saturated rings. The number of rotatable bonds is 6. The molecule has 0 spiro atoms. The molecule has 18 heavy (non-hydrogen) atoms. The highest BCUT2D eigenvalue weighted by atomic mass is 32.2. The van der Waals surface area contributed by atoms with Crippen molar-refractivity contribution in [3.8, 4) is 0 Å². The molecule has 0 saturated carbocycles. The lowest BCUT2D eigenvalue weighted by Gasteiger charge is -2.06. The van der Waals surface area contributed by atoms with Gasteiger partial charge in [-0.3, -0.25) is 4.79 Å². The van der Waals surface area contributed by atoms with E-state index in [2.05, 4.69) is 5.32 Å². The van der Waals surface area contributed by atoms with Crippen LogP contribution >= 0.6 is 0 Å². The van der Waals surface area contributed by atoms with Crippen LogP contribution < -0.4 is 16.2 Å². The molecule has 5 N–H and O–H groups in total. The summed E-state index contributed by atoms with van der Waals surface area (Å²) in [7, 11) is -3.72. The standard InChI is InChI=1S/C10H15N3O4S/c11-5-6-17-7-10(14)13-8-1-3-9(4-2-8)18(12,15)16/h1-4H,5-7,11H2,(H,13,14)(H2,12,15,16). The maximum Gasteiger partial charge on any atom is 0.250 e. The van der Waals surface area contributed by atoms with Crippen LogP contribution in [0.5, 0.6) is 0 Å². The number of hydrogen-bond acceptors (Lipinski definition) is 5. The molecule has 0 aliphatic heterocycles. The molecule has 7 nitrogen and oxygen atoms in total. The summed E-state index contributed by atoms with van der Waals surface area (Å²) in [6.07, 6.45) is 0. The van der Waals surface area contributed by atoms with Crippen molar-refractivity contribution in [3.63, 3.8) is 0 Å². The number of primary sulfonamides is 1. The van der Waals surface area contributed by atoms with Crippen molar-refractivity contribution in [1.82, 2.24) is 0 Å². The van der Waals surface area contributed by atoms with Gasteiger partial charge < -0.3 is 15.8 Å². The number of nitrogens with two attached hydrogens (primary N) is 2. The molecule has 1 aromatic rings. The van der Waals surface area contributed by atoms with Crippen molar-refractivity contribution in [1.29, 1.82) is 0 Å². The van der Waals surface area contributed by atoms with Gasteiger partial charge in [-0.25, -0.2) is 13.6 Å². The monoisotopic (exact) mass is 273 g/mol. The van der Waals surface area contributed by atoms with Gasteiger partial charge in [-0.2, -0.15) is 0 Å². The van der Waals surface area contributed by atoms with Crippen LogP contribution in [0, 0.1) is 0 Å². The zero-order valence-electron chi connectivity index (χ0n) is 9.63. The minimum atomic E-state index is -3.72. The molecule has 0 aliphatic carbocycles. The molecule has 0 bridgehead atoms. The van der Waals surface area contributed by atoms with Crippen LogP contribution in [0.3, 0.4) is 0 Å². The molecular formula is C10H15N3O4S. The zero-order valence-corrected chi connectivity index (χ0v) is 10.4. The Labute approximate surface area is 105 Å². The maximum absolute atomic E-state index is 11.3. The van der Waals surface area contributed by atoms with E-state index in [-0.39, 0.29) is 17.4 Å². The third-order valence-corrected chi connectivity index (χ3v) is 2.89. The lowest BCUT2D eigenvalue weighted by molar-refractivity contribution is -0.120. The first-order chi connectivity index (χ1) is 8.43. The van der Waals surface area contributed by atoms with E-state index in [1.54, 1.807) is 0 Å². The highest BCUT2D eigenvalue weighted by molar-refractivity contribution is 7.89. The summed E-state index contributed by atoms with van der Waals surface area (Å²) in [5, 5.41) is 7.48. The molecule has 0 aliphatic rings. The molecule has 0 unspecified atom stereocenters. The molecule has 0 aromatic heterocycles. The number of ether oxygens (including phenoxy) is 1. The van der Waals surface area contributed by atoms with Gasteiger partial charge >= 0.3 is 0 Å². The van der Waals surface area contributed by atoms with E-state index < -0.39 is 10.0 Å². The molecule has 1 amide bonds. The van der Waals surface area contributed by atoms with Crippen LogP contribution in [0.2, 0.25) is 0 Å². The Morgan fingerprint density at radius 1 is 1.28 bits per heavy atom. The number of hydrogen-bond donors (Lipinski definition) is 3. The number of benzene rings is 1. The van der Waals surface area contributed by atoms with Gasteiger partial charge in [-0.15, -0.1) is 0 Å². The van der Waals surface area contributed by atoms with E-state index in [1.165, 1.54) is 24.3 Å². The normalized spacial score (nSPS) is 11.2. The van der Waals surface area contributed by atoms with Gasteiger partial charge in [0, 0.05) is 12.2 Å². The SMILES string of the molecule is NCCOCC(=O)Nc1ccc(S(N)(=O)=O)cc1. The second-order valence-corrected chi connectivity index (χ2v) is 5.02. The first-order valence-corrected chi connectivity index (χ1v) is 6.68. The lowest BCUT2D eigenvalue weighted by Crippen LogP contribution is -2.20. The van der Waals surface area contributed by atoms with Gasteiger partial charge in [0.1, 0.15) is 6.61 Å². The summed E-state index contributed by atoms with van der Waals surface area (Å²) < 4.78 is 26.9. The number of amides is 1. The lowest BCUT2D eigenvalue weighted by atomic mass is 10.3. The quantitative estimate of drug-likeness (QED) is 0.588. The van der Waals surface area contributed by atoms with Crippen molar-refractivity contribution in [2.24, 2.45) is 10.9 Å². The van der Waals surface area contributed by atoms with Gasteiger partial charge in [0.25, 0.3) is 0 Å². The minimum Gasteiger partial charge on any atom is -0.370 e. The smallest absolute Gasteiger partial charge is 0.250 e. The summed E-state index contributed by atoms with van der Waals surface area (Å²) in [6, 6.07) is 5.51. The number of carbonyl (C=O) groups is 1. The first-order valence-electron chi connectivity index (χ1n) is 5.14. The molecule has 100 valence electrons. The van der Waals surface area contributed by atoms with Crippen molar-refractivity contribution in [3.05, 3.63) is 24.3 Å². The maximum atomic E-state index is 11.3. The van der Waals surface area contributed by atoms with Gasteiger partial charge in [0.05, 0.1) is 11.5 Å². The number of carbonyl (C=O) groups excluding carboxylic acids is 1. The van der Waals surface area contributed by atoms with E-state index in [9.17, 15) is 13.2 Å². The van der Waals surface area contributed by atoms with E-state index in [0.717, 1.165) is 0 Å². The Hall–Kier alpha value is -1.48. The van der Waals surface area contributed by atoms with Gasteiger partial charge in [-0.05, 0) is 24.3 Å². The van der Waals surface area contributed by atoms with Crippen LogP contribution in [0.1, 0.15) is 0 Å². The third-order valence-electron chi connectivity index (χ3n) is 1.96. The third kappa shape index (κ3) is 4.80. The fourth-order valence-corrected chi connectivity index (χ4v) is 1.69. The highest BCUT2D eigenvalue weighted by Crippen LogP contribution is 2.12. The van der Waals surface area contributed by atoms with Gasteiger partial charge in [0.15, 0.2) is 0 Å². The summed E-state index contributed by atoms with van der Waals surface area (Å²) in [6.45, 7) is 0.544. The molecule has 0 heterocycles. The van der Waals surface area contributed by atoms with Crippen LogP contribution in [0.4, 0.5) is 5.69 Å². The van der Waals surface area contributed by atoms with Gasteiger partial charge in [0.2, 0.25) is 15.9 Å². The Morgan fingerprint density at radius 3 is 2.39 bits per heavy atom. The largest absolute Gasteiger partial charge is 0.370 e. The molecule has 1 rings (SSSR count). The molecular weight excluding hydrogens is 258 g/mol. The molecule has 0 atom stereocenters. The van der Waals surface area contributed by atoms with Crippen LogP contribution in [0.15, 0.2) is 29.2 Å². The van der Waals surface area contributed by atoms with Crippen LogP contribution in [0.25, 0.3) is 0 Å². The van der Waals surface area contributed by atoms with E-state index in [0.29, 0.717) is 18.8 Å². The predicted octanol–water partition coefficient (Wildman–Crippen LogP) is -0.752. The summed E-state index contributed by atoms with van der Waals surface area (Å²) >= 11 is 0. The summed E-state index contributed by atoms with van der Waals surface area (Å²) in [5.74, 6) is -0.341. The fraction of sp³-hybridized carbons (Fsp3) is 0.300. The summed E-state index contributed by atoms with van der Waals surface area (Å²) in [4.78, 5) is 11.3. The number of nitrogens with one attached hydrogen (secondary N) is 1. The fourth-order valence-electron chi connectivity index (χ4n) is 1.17. The topological polar surface area (TPSA) is 125 Å². The zero-order chi connectivity index (χ0) is 13.6. The first kappa shape index (κ1) is 14.6. The second kappa shape index (κ2) is 6.45. The molecule has 0 saturated heterocycles. The average molecular weight is 273 g/mol. The van der Waals surface area contributed by atoms with E-state index in [4.69, 9.17) is 15.6 Å².